The van der Waals surface area contributed by atoms with Crippen LogP contribution in [0.5, 0.6) is 0 Å². The minimum atomic E-state index is -5.86. The minimum Gasteiger partial charge on any atom is -0.384 e. The summed E-state index contributed by atoms with van der Waals surface area (Å²) in [5.74, 6) is -3.50. The van der Waals surface area contributed by atoms with Crippen LogP contribution in [0, 0.1) is 11.7 Å². The van der Waals surface area contributed by atoms with Gasteiger partial charge in [-0.25, -0.2) is 27.5 Å². The van der Waals surface area contributed by atoms with E-state index in [0.717, 1.165) is 11.5 Å². The number of nitrogens with zero attached hydrogens (tertiary/aromatic N) is 2. The zero-order chi connectivity index (χ0) is 24.0. The molecule has 20 heteroatoms. The first-order valence-electron chi connectivity index (χ1n) is 7.86. The first-order valence-corrected chi connectivity index (χ1v) is 12.8. The summed E-state index contributed by atoms with van der Waals surface area (Å²) in [4.78, 5) is 39.3. The Bertz CT molecular complexity index is 1050. The lowest BCUT2D eigenvalue weighted by atomic mass is 9.97. The van der Waals surface area contributed by atoms with Crippen LogP contribution in [0.15, 0.2) is 12.3 Å². The molecule has 14 nitrogen and oxygen atoms in total. The zero-order valence-electron chi connectivity index (χ0n) is 15.5. The van der Waals surface area contributed by atoms with Crippen molar-refractivity contribution in [3.05, 3.63) is 22.7 Å². The van der Waals surface area contributed by atoms with E-state index in [1.54, 1.807) is 6.92 Å². The van der Waals surface area contributed by atoms with Crippen LogP contribution in [-0.4, -0.2) is 58.5 Å². The molecule has 1 fully saturated rings. The summed E-state index contributed by atoms with van der Waals surface area (Å²) in [5, 5.41) is 10.1. The molecule has 0 bridgehead atoms. The SMILES string of the molecule is Cc1ccn(C2OC(F)(COP(=O)(O)OP(=O)(O)OP(=O)(O)O)C(O)C2(C)F)c(=S)n1. The highest BCUT2D eigenvalue weighted by Gasteiger charge is 2.65. The maximum Gasteiger partial charge on any atom is 0.490 e. The second-order valence-electron chi connectivity index (χ2n) is 6.43. The number of hydrogen-bond acceptors (Lipinski definition) is 10. The summed E-state index contributed by atoms with van der Waals surface area (Å²) in [6.07, 6.45) is -3.33. The van der Waals surface area contributed by atoms with Gasteiger partial charge < -0.3 is 29.4 Å². The largest absolute Gasteiger partial charge is 0.490 e. The van der Waals surface area contributed by atoms with Crippen LogP contribution < -0.4 is 0 Å². The van der Waals surface area contributed by atoms with Crippen LogP contribution in [0.3, 0.4) is 0 Å². The molecule has 1 aromatic heterocycles. The van der Waals surface area contributed by atoms with Crippen molar-refractivity contribution in [2.24, 2.45) is 0 Å². The van der Waals surface area contributed by atoms with Crippen molar-refractivity contribution < 1.29 is 65.0 Å². The standard InChI is InChI=1S/C11H17F2N2O12P3S/c1-6-3-4-15(9(31)14-6)8-10(2,12)7(16)11(13,25-8)5-24-29(20,21)27-30(22,23)26-28(17,18)19/h3-4,7-8,16H,5H2,1-2H3,(H,20,21)(H,22,23)(H2,17,18,19). The van der Waals surface area contributed by atoms with Gasteiger partial charge >= 0.3 is 23.5 Å². The Morgan fingerprint density at radius 3 is 2.32 bits per heavy atom. The molecule has 2 rings (SSSR count). The summed E-state index contributed by atoms with van der Waals surface area (Å²) in [7, 11) is -17.2. The molecule has 6 atom stereocenters. The van der Waals surface area contributed by atoms with Crippen molar-refractivity contribution in [1.82, 2.24) is 9.55 Å². The Morgan fingerprint density at radius 1 is 1.23 bits per heavy atom. The summed E-state index contributed by atoms with van der Waals surface area (Å²) >= 11 is 4.95. The molecule has 0 aromatic carbocycles. The van der Waals surface area contributed by atoms with Crippen molar-refractivity contribution in [2.45, 2.75) is 37.7 Å². The van der Waals surface area contributed by atoms with Crippen molar-refractivity contribution in [3.63, 3.8) is 0 Å². The van der Waals surface area contributed by atoms with Crippen LogP contribution in [0.1, 0.15) is 18.8 Å². The molecule has 0 spiro atoms. The average molecular weight is 532 g/mol. The average Bonchev–Trinajstić information content (AvgIpc) is 2.71. The van der Waals surface area contributed by atoms with Gasteiger partial charge in [0.15, 0.2) is 18.0 Å². The fourth-order valence-electron chi connectivity index (χ4n) is 2.51. The molecule has 0 radical (unpaired) electrons. The third kappa shape index (κ3) is 6.51. The van der Waals surface area contributed by atoms with E-state index in [2.05, 4.69) is 18.1 Å². The smallest absolute Gasteiger partial charge is 0.384 e. The Hall–Kier alpha value is -0.510. The van der Waals surface area contributed by atoms with Crippen molar-refractivity contribution in [1.29, 1.82) is 0 Å². The highest BCUT2D eigenvalue weighted by molar-refractivity contribution is 7.71. The number of halogens is 2. The minimum absolute atomic E-state index is 0.238. The third-order valence-corrected chi connectivity index (χ3v) is 7.88. The fraction of sp³-hybridized carbons (Fsp3) is 0.636. The van der Waals surface area contributed by atoms with E-state index in [1.807, 2.05) is 0 Å². The molecule has 1 aliphatic heterocycles. The van der Waals surface area contributed by atoms with Gasteiger partial charge in [-0.2, -0.15) is 8.62 Å². The molecule has 6 unspecified atom stereocenters. The molecular weight excluding hydrogens is 515 g/mol. The number of rotatable bonds is 8. The summed E-state index contributed by atoms with van der Waals surface area (Å²) in [5.41, 5.74) is -2.43. The monoisotopic (exact) mass is 532 g/mol. The van der Waals surface area contributed by atoms with Gasteiger partial charge in [-0.05, 0) is 32.1 Å². The van der Waals surface area contributed by atoms with Crippen LogP contribution in [0.2, 0.25) is 0 Å². The van der Waals surface area contributed by atoms with Gasteiger partial charge in [0, 0.05) is 11.9 Å². The number of phosphoric acid groups is 3. The van der Waals surface area contributed by atoms with Gasteiger partial charge in [-0.3, -0.25) is 9.09 Å². The van der Waals surface area contributed by atoms with Crippen molar-refractivity contribution in [3.8, 4) is 0 Å². The van der Waals surface area contributed by atoms with Crippen LogP contribution >= 0.6 is 35.7 Å². The molecule has 31 heavy (non-hydrogen) atoms. The molecule has 1 saturated heterocycles. The quantitative estimate of drug-likeness (QED) is 0.238. The van der Waals surface area contributed by atoms with Crippen molar-refractivity contribution in [2.75, 3.05) is 6.61 Å². The molecule has 178 valence electrons. The number of aliphatic hydroxyl groups excluding tert-OH is 1. The van der Waals surface area contributed by atoms with Gasteiger partial charge in [0.05, 0.1) is 0 Å². The van der Waals surface area contributed by atoms with Crippen LogP contribution in [0.25, 0.3) is 0 Å². The summed E-state index contributed by atoms with van der Waals surface area (Å²) in [6.45, 7) is 0.595. The first-order chi connectivity index (χ1) is 13.8. The van der Waals surface area contributed by atoms with Crippen molar-refractivity contribution >= 4 is 35.7 Å². The highest BCUT2D eigenvalue weighted by Crippen LogP contribution is 2.66. The number of aromatic nitrogens is 2. The van der Waals surface area contributed by atoms with E-state index in [-0.39, 0.29) is 4.77 Å². The lowest BCUT2D eigenvalue weighted by molar-refractivity contribution is -0.204. The lowest BCUT2D eigenvalue weighted by Crippen LogP contribution is -2.46. The second-order valence-corrected chi connectivity index (χ2v) is 11.2. The van der Waals surface area contributed by atoms with E-state index in [9.17, 15) is 23.7 Å². The number of alkyl halides is 2. The van der Waals surface area contributed by atoms with E-state index in [4.69, 9.17) is 31.6 Å². The number of phosphoric ester groups is 1. The molecule has 0 aliphatic carbocycles. The Kier molecular flexibility index (Phi) is 7.49. The van der Waals surface area contributed by atoms with Gasteiger partial charge in [-0.15, -0.1) is 0 Å². The zero-order valence-corrected chi connectivity index (χ0v) is 19.0. The molecule has 5 N–H and O–H groups in total. The first kappa shape index (κ1) is 26.7. The Labute approximate surface area is 177 Å². The van der Waals surface area contributed by atoms with Gasteiger partial charge in [0.1, 0.15) is 6.61 Å². The van der Waals surface area contributed by atoms with Crippen LogP contribution in [-0.2, 0) is 31.6 Å². The van der Waals surface area contributed by atoms with Gasteiger partial charge in [-0.1, -0.05) is 0 Å². The highest BCUT2D eigenvalue weighted by atomic mass is 32.1. The summed E-state index contributed by atoms with van der Waals surface area (Å²) < 4.78 is 80.3. The summed E-state index contributed by atoms with van der Waals surface area (Å²) in [6, 6.07) is 1.38. The molecule has 1 aromatic rings. The van der Waals surface area contributed by atoms with E-state index in [1.165, 1.54) is 12.3 Å². The number of hydrogen-bond donors (Lipinski definition) is 5. The normalized spacial score (nSPS) is 33.1. The van der Waals surface area contributed by atoms with Crippen LogP contribution in [0.4, 0.5) is 8.78 Å². The maximum absolute atomic E-state index is 15.1. The Balaban J connectivity index is 2.21. The molecule has 1 aliphatic rings. The van der Waals surface area contributed by atoms with E-state index in [0.29, 0.717) is 5.69 Å². The van der Waals surface area contributed by atoms with Gasteiger partial charge in [0.2, 0.25) is 4.77 Å². The molecule has 2 heterocycles. The predicted octanol–water partition coefficient (Wildman–Crippen LogP) is 1.55. The third-order valence-electron chi connectivity index (χ3n) is 3.80. The Morgan fingerprint density at radius 2 is 1.81 bits per heavy atom. The molecular formula is C11H17F2N2O12P3S. The molecule has 0 amide bonds. The second kappa shape index (κ2) is 8.69. The van der Waals surface area contributed by atoms with E-state index >= 15 is 8.78 Å². The fourth-order valence-corrected chi connectivity index (χ4v) is 5.85. The topological polar surface area (TPSA) is 207 Å². The number of aliphatic hydroxyl groups is 1. The number of ether oxygens (including phenoxy) is 1. The number of aryl methyl sites for hydroxylation is 1. The molecule has 0 saturated carbocycles. The maximum atomic E-state index is 15.1. The lowest BCUT2D eigenvalue weighted by Gasteiger charge is -2.26. The van der Waals surface area contributed by atoms with E-state index < -0.39 is 53.9 Å². The van der Waals surface area contributed by atoms with Gasteiger partial charge in [0.25, 0.3) is 5.85 Å². The predicted molar refractivity (Wildman–Crippen MR) is 97.1 cm³/mol.